The highest BCUT2D eigenvalue weighted by Crippen LogP contribution is 2.27. The second kappa shape index (κ2) is 8.03. The first-order valence-corrected chi connectivity index (χ1v) is 8.98. The van der Waals surface area contributed by atoms with E-state index in [9.17, 15) is 24.6 Å². The Kier molecular flexibility index (Phi) is 5.10. The minimum atomic E-state index is -0.812. The van der Waals surface area contributed by atoms with Crippen molar-refractivity contribution in [3.05, 3.63) is 77.4 Å². The molecule has 10 heteroatoms. The lowest BCUT2D eigenvalue weighted by molar-refractivity contribution is 0.0229. The van der Waals surface area contributed by atoms with Gasteiger partial charge in [-0.1, -0.05) is 24.3 Å². The van der Waals surface area contributed by atoms with Crippen LogP contribution >= 0.6 is 0 Å². The summed E-state index contributed by atoms with van der Waals surface area (Å²) in [7, 11) is 0. The first-order chi connectivity index (χ1) is 15.0. The molecule has 2 aromatic carbocycles. The lowest BCUT2D eigenvalue weighted by Crippen LogP contribution is -2.33. The largest absolute Gasteiger partial charge is 0.503 e. The van der Waals surface area contributed by atoms with Gasteiger partial charge in [-0.25, -0.2) is 9.69 Å². The molecule has 31 heavy (non-hydrogen) atoms. The molecule has 2 N–H and O–H groups in total. The van der Waals surface area contributed by atoms with Crippen LogP contribution in [0.5, 0.6) is 11.6 Å². The maximum Gasteiger partial charge on any atom is 0.342 e. The fourth-order valence-electron chi connectivity index (χ4n) is 2.88. The molecule has 1 aliphatic rings. The summed E-state index contributed by atoms with van der Waals surface area (Å²) < 4.78 is 5.17. The fraction of sp³-hybridized carbons (Fsp3) is 0.0476. The molecular weight excluding hydrogens is 404 g/mol. The molecular formula is C21H14N4O6. The van der Waals surface area contributed by atoms with Crippen molar-refractivity contribution < 1.29 is 29.3 Å². The normalized spacial score (nSPS) is 13.0. The van der Waals surface area contributed by atoms with Gasteiger partial charge in [-0.2, -0.15) is 4.98 Å². The molecule has 10 nitrogen and oxygen atoms in total. The molecule has 0 saturated heterocycles. The summed E-state index contributed by atoms with van der Waals surface area (Å²) in [4.78, 5) is 41.8. The molecule has 4 rings (SSSR count). The number of pyridine rings is 1. The molecule has 0 unspecified atom stereocenters. The van der Waals surface area contributed by atoms with Gasteiger partial charge in [-0.15, -0.1) is 10.2 Å². The topological polar surface area (TPSA) is 142 Å². The summed E-state index contributed by atoms with van der Waals surface area (Å²) >= 11 is 0. The average molecular weight is 418 g/mol. The third-order valence-electron chi connectivity index (χ3n) is 4.43. The van der Waals surface area contributed by atoms with Gasteiger partial charge in [-0.3, -0.25) is 9.59 Å². The number of azo groups is 1. The summed E-state index contributed by atoms with van der Waals surface area (Å²) in [5.41, 5.74) is 0.694. The van der Waals surface area contributed by atoms with Crippen LogP contribution in [-0.2, 0) is 4.74 Å². The number of esters is 1. The average Bonchev–Trinajstić information content (AvgIpc) is 3.03. The Balaban J connectivity index is 1.49. The summed E-state index contributed by atoms with van der Waals surface area (Å²) in [6, 6.07) is 15.0. The first kappa shape index (κ1) is 19.7. The van der Waals surface area contributed by atoms with Gasteiger partial charge in [-0.05, 0) is 36.4 Å². The zero-order valence-electron chi connectivity index (χ0n) is 15.8. The molecule has 0 radical (unpaired) electrons. The van der Waals surface area contributed by atoms with Crippen molar-refractivity contribution in [3.8, 4) is 11.6 Å². The van der Waals surface area contributed by atoms with Crippen LogP contribution in [0.15, 0.2) is 70.9 Å². The monoisotopic (exact) mass is 418 g/mol. The number of hydrogen-bond acceptors (Lipinski definition) is 9. The van der Waals surface area contributed by atoms with Crippen LogP contribution < -0.4 is 0 Å². The Morgan fingerprint density at radius 1 is 0.903 bits per heavy atom. The highest BCUT2D eigenvalue weighted by Gasteiger charge is 2.35. The van der Waals surface area contributed by atoms with Crippen LogP contribution in [0.2, 0.25) is 0 Å². The van der Waals surface area contributed by atoms with Crippen LogP contribution in [0.3, 0.4) is 0 Å². The second-order valence-corrected chi connectivity index (χ2v) is 6.37. The SMILES string of the molecule is O=C(OCN1C(=O)c2ccccc2C1=O)c1ccccc1N=Nc1ccc(O)c(O)n1. The van der Waals surface area contributed by atoms with E-state index in [0.29, 0.717) is 0 Å². The number of carbonyl (C=O) groups is 3. The van der Waals surface area contributed by atoms with E-state index in [4.69, 9.17) is 4.74 Å². The predicted molar refractivity (Wildman–Crippen MR) is 105 cm³/mol. The van der Waals surface area contributed by atoms with Crippen LogP contribution in [0.4, 0.5) is 11.5 Å². The minimum Gasteiger partial charge on any atom is -0.503 e. The number of nitrogens with zero attached hydrogens (tertiary/aromatic N) is 4. The van der Waals surface area contributed by atoms with Crippen LogP contribution in [0.1, 0.15) is 31.1 Å². The highest BCUT2D eigenvalue weighted by molar-refractivity contribution is 6.21. The number of aromatic hydroxyl groups is 2. The lowest BCUT2D eigenvalue weighted by Gasteiger charge is -2.14. The summed E-state index contributed by atoms with van der Waals surface area (Å²) in [5.74, 6) is -2.91. The van der Waals surface area contributed by atoms with Crippen molar-refractivity contribution in [2.24, 2.45) is 10.2 Å². The highest BCUT2D eigenvalue weighted by atomic mass is 16.5. The zero-order chi connectivity index (χ0) is 22.0. The molecule has 2 amide bonds. The number of amides is 2. The Bertz CT molecular complexity index is 1210. The third kappa shape index (κ3) is 3.81. The smallest absolute Gasteiger partial charge is 0.342 e. The molecule has 0 spiro atoms. The van der Waals surface area contributed by atoms with Gasteiger partial charge in [0, 0.05) is 0 Å². The summed E-state index contributed by atoms with van der Waals surface area (Å²) in [5, 5.41) is 26.5. The van der Waals surface area contributed by atoms with Crippen molar-refractivity contribution in [1.29, 1.82) is 0 Å². The molecule has 0 fully saturated rings. The van der Waals surface area contributed by atoms with Crippen molar-refractivity contribution >= 4 is 29.3 Å². The number of imide groups is 1. The maximum absolute atomic E-state index is 12.6. The minimum absolute atomic E-state index is 0.00416. The molecule has 0 bridgehead atoms. The molecule has 1 aromatic heterocycles. The Labute approximate surface area is 175 Å². The maximum atomic E-state index is 12.6. The number of rotatable bonds is 5. The predicted octanol–water partition coefficient (Wildman–Crippen LogP) is 3.32. The van der Waals surface area contributed by atoms with Crippen LogP contribution in [0, 0.1) is 0 Å². The second-order valence-electron chi connectivity index (χ2n) is 6.37. The quantitative estimate of drug-likeness (QED) is 0.368. The first-order valence-electron chi connectivity index (χ1n) is 8.98. The number of ether oxygens (including phenoxy) is 1. The van der Waals surface area contributed by atoms with E-state index in [1.807, 2.05) is 0 Å². The van der Waals surface area contributed by atoms with Gasteiger partial charge in [0.1, 0.15) is 5.69 Å². The van der Waals surface area contributed by atoms with E-state index in [-0.39, 0.29) is 28.2 Å². The van der Waals surface area contributed by atoms with Gasteiger partial charge in [0.2, 0.25) is 0 Å². The Morgan fingerprint density at radius 3 is 2.23 bits per heavy atom. The summed E-state index contributed by atoms with van der Waals surface area (Å²) in [6.07, 6.45) is 0. The van der Waals surface area contributed by atoms with Crippen molar-refractivity contribution in [2.45, 2.75) is 0 Å². The molecule has 154 valence electrons. The van der Waals surface area contributed by atoms with Gasteiger partial charge in [0.25, 0.3) is 17.7 Å². The van der Waals surface area contributed by atoms with E-state index < -0.39 is 36.1 Å². The molecule has 0 aliphatic carbocycles. The number of hydrogen-bond donors (Lipinski definition) is 2. The van der Waals surface area contributed by atoms with Crippen molar-refractivity contribution in [1.82, 2.24) is 9.88 Å². The molecule has 3 aromatic rings. The van der Waals surface area contributed by atoms with Crippen LogP contribution in [-0.4, -0.2) is 44.6 Å². The van der Waals surface area contributed by atoms with E-state index in [1.54, 1.807) is 24.3 Å². The van der Waals surface area contributed by atoms with E-state index >= 15 is 0 Å². The van der Waals surface area contributed by atoms with Gasteiger partial charge >= 0.3 is 5.97 Å². The van der Waals surface area contributed by atoms with E-state index in [2.05, 4.69) is 15.2 Å². The van der Waals surface area contributed by atoms with Crippen LogP contribution in [0.25, 0.3) is 0 Å². The number of carbonyl (C=O) groups excluding carboxylic acids is 3. The van der Waals surface area contributed by atoms with Gasteiger partial charge in [0.15, 0.2) is 18.3 Å². The number of fused-ring (bicyclic) bond motifs is 1. The van der Waals surface area contributed by atoms with E-state index in [1.165, 1.54) is 36.4 Å². The third-order valence-corrected chi connectivity index (χ3v) is 4.43. The molecule has 2 heterocycles. The molecule has 0 saturated carbocycles. The standard InChI is InChI=1S/C21H14N4O6/c26-16-9-10-17(22-18(16)27)24-23-15-8-4-3-7-14(15)21(30)31-11-25-19(28)12-5-1-2-6-13(12)20(25)29/h1-10,26H,11H2,(H,22,27). The summed E-state index contributed by atoms with van der Waals surface area (Å²) in [6.45, 7) is -0.552. The molecule has 1 aliphatic heterocycles. The zero-order valence-corrected chi connectivity index (χ0v) is 15.8. The van der Waals surface area contributed by atoms with Crippen molar-refractivity contribution in [2.75, 3.05) is 6.73 Å². The van der Waals surface area contributed by atoms with E-state index in [0.717, 1.165) is 4.90 Å². The molecule has 0 atom stereocenters. The number of aromatic nitrogens is 1. The van der Waals surface area contributed by atoms with Gasteiger partial charge in [0.05, 0.1) is 16.7 Å². The Hall–Kier alpha value is -4.60. The lowest BCUT2D eigenvalue weighted by atomic mass is 10.1. The van der Waals surface area contributed by atoms with Gasteiger partial charge < -0.3 is 14.9 Å². The number of benzene rings is 2. The Morgan fingerprint density at radius 2 is 1.55 bits per heavy atom. The fourth-order valence-corrected chi connectivity index (χ4v) is 2.88. The van der Waals surface area contributed by atoms with Crippen molar-refractivity contribution in [3.63, 3.8) is 0 Å².